The molecule has 1 atom stereocenters. The van der Waals surface area contributed by atoms with Gasteiger partial charge in [-0.05, 0) is 19.1 Å². The largest absolute Gasteiger partial charge is 0.442 e. The quantitative estimate of drug-likeness (QED) is 0.907. The number of nitrogens with one attached hydrogen (secondary N) is 2. The Morgan fingerprint density at radius 2 is 1.79 bits per heavy atom. The first-order chi connectivity index (χ1) is 11.3. The van der Waals surface area contributed by atoms with Crippen LogP contribution in [-0.4, -0.2) is 28.6 Å². The first-order valence-electron chi connectivity index (χ1n) is 7.07. The number of hydrogen-bond acceptors (Lipinski definition) is 4. The van der Waals surface area contributed by atoms with E-state index in [-0.39, 0.29) is 11.7 Å². The molecule has 1 amide bonds. The number of aromatic nitrogens is 1. The molecule has 0 spiro atoms. The zero-order chi connectivity index (χ0) is 17.4. The monoisotopic (exact) mass is 334 g/mol. The lowest BCUT2D eigenvalue weighted by Crippen LogP contribution is -2.57. The molecular formula is C16H13F3N4O. The molecule has 0 radical (unpaired) electrons. The Kier molecular flexibility index (Phi) is 3.75. The molecule has 3 rings (SSSR count). The number of amides is 1. The molecule has 2 aromatic rings. The molecule has 1 aliphatic rings. The Hall–Kier alpha value is -2.90. The highest BCUT2D eigenvalue weighted by atomic mass is 19.4. The standard InChI is InChI=1S/C16H13F3N4O/c1-10-6-5-9-12(20-10)22-15(16(17,18)19)14(24)21-13(23-15)11-7-3-2-4-8-11/h2-9H,1H3,(H,20,22)(H,21,23,24)/t15-/m0/s1. The number of anilines is 1. The lowest BCUT2D eigenvalue weighted by Gasteiger charge is -2.27. The summed E-state index contributed by atoms with van der Waals surface area (Å²) >= 11 is 0. The molecule has 1 aromatic carbocycles. The zero-order valence-electron chi connectivity index (χ0n) is 12.6. The predicted molar refractivity (Wildman–Crippen MR) is 82.5 cm³/mol. The Labute approximate surface area is 135 Å². The van der Waals surface area contributed by atoms with Crippen molar-refractivity contribution in [1.82, 2.24) is 10.3 Å². The number of hydrogen-bond donors (Lipinski definition) is 2. The van der Waals surface area contributed by atoms with Gasteiger partial charge in [0, 0.05) is 11.3 Å². The molecule has 5 nitrogen and oxygen atoms in total. The number of amidine groups is 1. The molecule has 0 bridgehead atoms. The van der Waals surface area contributed by atoms with Crippen LogP contribution >= 0.6 is 0 Å². The SMILES string of the molecule is Cc1cccc(N[C@]2(C(F)(F)F)N=C(c3ccccc3)NC2=O)n1. The van der Waals surface area contributed by atoms with E-state index in [9.17, 15) is 18.0 Å². The molecule has 0 unspecified atom stereocenters. The van der Waals surface area contributed by atoms with Gasteiger partial charge < -0.3 is 10.6 Å². The zero-order valence-corrected chi connectivity index (χ0v) is 12.6. The van der Waals surface area contributed by atoms with E-state index in [1.54, 1.807) is 49.4 Å². The van der Waals surface area contributed by atoms with Gasteiger partial charge in [-0.2, -0.15) is 13.2 Å². The molecule has 0 saturated carbocycles. The molecule has 0 aliphatic carbocycles. The van der Waals surface area contributed by atoms with Gasteiger partial charge in [0.25, 0.3) is 5.91 Å². The summed E-state index contributed by atoms with van der Waals surface area (Å²) in [6.07, 6.45) is -4.95. The van der Waals surface area contributed by atoms with Gasteiger partial charge in [0.05, 0.1) is 0 Å². The van der Waals surface area contributed by atoms with Crippen molar-refractivity contribution in [3.8, 4) is 0 Å². The first-order valence-corrected chi connectivity index (χ1v) is 7.07. The minimum atomic E-state index is -4.95. The highest BCUT2D eigenvalue weighted by Crippen LogP contribution is 2.37. The molecule has 124 valence electrons. The van der Waals surface area contributed by atoms with E-state index in [0.717, 1.165) is 0 Å². The summed E-state index contributed by atoms with van der Waals surface area (Å²) in [7, 11) is 0. The normalized spacial score (nSPS) is 20.5. The smallest absolute Gasteiger partial charge is 0.331 e. The van der Waals surface area contributed by atoms with Gasteiger partial charge in [0.2, 0.25) is 0 Å². The number of aliphatic imine (C=N–C) groups is 1. The van der Waals surface area contributed by atoms with Crippen molar-refractivity contribution < 1.29 is 18.0 Å². The van der Waals surface area contributed by atoms with Crippen LogP contribution in [0.15, 0.2) is 53.5 Å². The second kappa shape index (κ2) is 5.63. The van der Waals surface area contributed by atoms with Crippen molar-refractivity contribution in [2.24, 2.45) is 4.99 Å². The number of rotatable bonds is 3. The van der Waals surface area contributed by atoms with Gasteiger partial charge in [-0.25, -0.2) is 9.98 Å². The topological polar surface area (TPSA) is 66.4 Å². The number of nitrogens with zero attached hydrogens (tertiary/aromatic N) is 2. The van der Waals surface area contributed by atoms with Crippen molar-refractivity contribution in [2.75, 3.05) is 5.32 Å². The number of carbonyl (C=O) groups is 1. The average molecular weight is 334 g/mol. The highest BCUT2D eigenvalue weighted by Gasteiger charge is 2.64. The Bertz CT molecular complexity index is 804. The number of pyridine rings is 1. The number of alkyl halides is 3. The summed E-state index contributed by atoms with van der Waals surface area (Å²) in [5, 5.41) is 4.35. The van der Waals surface area contributed by atoms with Crippen LogP contribution in [0.1, 0.15) is 11.3 Å². The number of carbonyl (C=O) groups excluding carboxylic acids is 1. The highest BCUT2D eigenvalue weighted by molar-refractivity contribution is 6.16. The fourth-order valence-corrected chi connectivity index (χ4v) is 2.32. The minimum Gasteiger partial charge on any atom is -0.331 e. The summed E-state index contributed by atoms with van der Waals surface area (Å²) in [5.41, 5.74) is -2.21. The van der Waals surface area contributed by atoms with E-state index >= 15 is 0 Å². The van der Waals surface area contributed by atoms with Gasteiger partial charge in [-0.3, -0.25) is 4.79 Å². The van der Waals surface area contributed by atoms with Crippen LogP contribution in [-0.2, 0) is 4.79 Å². The van der Waals surface area contributed by atoms with Crippen LogP contribution in [0, 0.1) is 6.92 Å². The van der Waals surface area contributed by atoms with Crippen molar-refractivity contribution in [2.45, 2.75) is 18.8 Å². The summed E-state index contributed by atoms with van der Waals surface area (Å²) in [4.78, 5) is 19.8. The summed E-state index contributed by atoms with van der Waals surface area (Å²) in [6, 6.07) is 12.7. The van der Waals surface area contributed by atoms with Gasteiger partial charge in [-0.1, -0.05) is 36.4 Å². The average Bonchev–Trinajstić information content (AvgIpc) is 2.86. The Morgan fingerprint density at radius 3 is 2.42 bits per heavy atom. The lowest BCUT2D eigenvalue weighted by atomic mass is 10.1. The first kappa shape index (κ1) is 16.0. The molecule has 1 aliphatic heterocycles. The summed E-state index contributed by atoms with van der Waals surface area (Å²) in [6.45, 7) is 1.64. The van der Waals surface area contributed by atoms with Gasteiger partial charge in [-0.15, -0.1) is 0 Å². The molecule has 0 saturated heterocycles. The van der Waals surface area contributed by atoms with E-state index in [1.165, 1.54) is 6.07 Å². The van der Waals surface area contributed by atoms with Crippen molar-refractivity contribution in [1.29, 1.82) is 0 Å². The molecule has 8 heteroatoms. The molecular weight excluding hydrogens is 321 g/mol. The second-order valence-corrected chi connectivity index (χ2v) is 5.28. The fourth-order valence-electron chi connectivity index (χ4n) is 2.32. The van der Waals surface area contributed by atoms with E-state index in [4.69, 9.17) is 0 Å². The van der Waals surface area contributed by atoms with Crippen LogP contribution in [0.2, 0.25) is 0 Å². The molecule has 0 fully saturated rings. The fraction of sp³-hybridized carbons (Fsp3) is 0.188. The third-order valence-corrected chi connectivity index (χ3v) is 3.49. The molecule has 24 heavy (non-hydrogen) atoms. The second-order valence-electron chi connectivity index (χ2n) is 5.28. The van der Waals surface area contributed by atoms with Crippen molar-refractivity contribution in [3.63, 3.8) is 0 Å². The van der Waals surface area contributed by atoms with Crippen LogP contribution < -0.4 is 10.6 Å². The van der Waals surface area contributed by atoms with E-state index < -0.39 is 17.7 Å². The number of aryl methyl sites for hydroxylation is 1. The Morgan fingerprint density at radius 1 is 1.08 bits per heavy atom. The van der Waals surface area contributed by atoms with Crippen molar-refractivity contribution >= 4 is 17.6 Å². The summed E-state index contributed by atoms with van der Waals surface area (Å²) in [5.74, 6) is -1.52. The lowest BCUT2D eigenvalue weighted by molar-refractivity contribution is -0.181. The van der Waals surface area contributed by atoms with Crippen molar-refractivity contribution in [3.05, 3.63) is 59.8 Å². The Balaban J connectivity index is 2.06. The van der Waals surface area contributed by atoms with Crippen LogP contribution in [0.4, 0.5) is 19.0 Å². The number of benzene rings is 1. The van der Waals surface area contributed by atoms with E-state index in [0.29, 0.717) is 11.3 Å². The third-order valence-electron chi connectivity index (χ3n) is 3.49. The van der Waals surface area contributed by atoms with Gasteiger partial charge in [0.1, 0.15) is 11.7 Å². The maximum absolute atomic E-state index is 13.7. The third kappa shape index (κ3) is 2.70. The summed E-state index contributed by atoms with van der Waals surface area (Å²) < 4.78 is 41.1. The van der Waals surface area contributed by atoms with Crippen LogP contribution in [0.25, 0.3) is 0 Å². The maximum Gasteiger partial charge on any atom is 0.442 e. The van der Waals surface area contributed by atoms with E-state index in [2.05, 4.69) is 20.6 Å². The van der Waals surface area contributed by atoms with E-state index in [1.807, 2.05) is 0 Å². The predicted octanol–water partition coefficient (Wildman–Crippen LogP) is 2.64. The molecule has 1 aromatic heterocycles. The van der Waals surface area contributed by atoms with Crippen LogP contribution in [0.5, 0.6) is 0 Å². The molecule has 2 heterocycles. The van der Waals surface area contributed by atoms with Crippen LogP contribution in [0.3, 0.4) is 0 Å². The van der Waals surface area contributed by atoms with Gasteiger partial charge >= 0.3 is 11.8 Å². The minimum absolute atomic E-state index is 0.0828. The molecule has 2 N–H and O–H groups in total. The maximum atomic E-state index is 13.7. The van der Waals surface area contributed by atoms with Gasteiger partial charge in [0.15, 0.2) is 0 Å². The number of halogens is 3.